The van der Waals surface area contributed by atoms with Crippen LogP contribution in [0.15, 0.2) is 42.1 Å². The molecule has 2 aromatic rings. The number of rotatable bonds is 2. The Morgan fingerprint density at radius 3 is 2.59 bits per heavy atom. The van der Waals surface area contributed by atoms with Crippen molar-refractivity contribution in [1.29, 1.82) is 0 Å². The van der Waals surface area contributed by atoms with Crippen LogP contribution in [0.2, 0.25) is 0 Å². The standard InChI is InChI=1S/C24H24F4N2O2/c1-23-11-13-12-29-30(16-5-3-15(25)4-6-16)20(13)10-14(23)2-7-17-18(23)8-9-19(24(26,27)28)21(17)22(31)32/h3-6,8,12,14,17,19,21H,2,7,9-11H2,1H3,(H,31,32)/p-1/t14-,17+,19-,21-,23+/m1/s1. The number of carboxylic acids is 1. The second kappa shape index (κ2) is 7.18. The molecule has 8 heteroatoms. The van der Waals surface area contributed by atoms with Crippen molar-refractivity contribution < 1.29 is 27.5 Å². The summed E-state index contributed by atoms with van der Waals surface area (Å²) in [6.45, 7) is 2.05. The van der Waals surface area contributed by atoms with Crippen LogP contribution < -0.4 is 5.11 Å². The van der Waals surface area contributed by atoms with Crippen molar-refractivity contribution in [2.45, 2.75) is 45.2 Å². The Morgan fingerprint density at radius 2 is 1.94 bits per heavy atom. The smallest absolute Gasteiger partial charge is 0.392 e. The van der Waals surface area contributed by atoms with Gasteiger partial charge in [-0.05, 0) is 79.2 Å². The Morgan fingerprint density at radius 1 is 1.22 bits per heavy atom. The number of hydrogen-bond donors (Lipinski definition) is 0. The first kappa shape index (κ1) is 21.2. The molecule has 5 atom stereocenters. The lowest BCUT2D eigenvalue weighted by atomic mass is 9.51. The SMILES string of the molecule is C[C@]12Cc3cnn(-c4ccc(F)cc4)c3C[C@H]1CC[C@H]1C2=CC[C@@H](C(F)(F)F)[C@@H]1C(=O)[O-]. The van der Waals surface area contributed by atoms with Crippen LogP contribution >= 0.6 is 0 Å². The highest BCUT2D eigenvalue weighted by molar-refractivity contribution is 5.70. The van der Waals surface area contributed by atoms with Crippen molar-refractivity contribution in [2.24, 2.45) is 29.1 Å². The van der Waals surface area contributed by atoms with Gasteiger partial charge in [0.1, 0.15) is 5.82 Å². The largest absolute Gasteiger partial charge is 0.550 e. The van der Waals surface area contributed by atoms with E-state index in [1.807, 2.05) is 6.92 Å². The molecule has 5 rings (SSSR count). The van der Waals surface area contributed by atoms with Crippen LogP contribution in [0.1, 0.15) is 37.4 Å². The Kier molecular flexibility index (Phi) is 4.76. The molecule has 0 saturated heterocycles. The predicted octanol–water partition coefficient (Wildman–Crippen LogP) is 4.02. The molecule has 0 unspecified atom stereocenters. The number of benzene rings is 1. The number of carbonyl (C=O) groups is 1. The fraction of sp³-hybridized carbons (Fsp3) is 0.500. The van der Waals surface area contributed by atoms with Gasteiger partial charge in [0.2, 0.25) is 0 Å². The number of nitrogens with zero attached hydrogens (tertiary/aromatic N) is 2. The zero-order valence-corrected chi connectivity index (χ0v) is 17.5. The lowest BCUT2D eigenvalue weighted by Gasteiger charge is -2.54. The van der Waals surface area contributed by atoms with E-state index in [-0.39, 0.29) is 18.2 Å². The molecular formula is C24H23F4N2O2-. The molecule has 1 saturated carbocycles. The maximum absolute atomic E-state index is 13.6. The van der Waals surface area contributed by atoms with Gasteiger partial charge in [-0.3, -0.25) is 0 Å². The number of allylic oxidation sites excluding steroid dienone is 2. The third-order valence-corrected chi connectivity index (χ3v) is 7.96. The molecule has 1 aromatic carbocycles. The monoisotopic (exact) mass is 447 g/mol. The summed E-state index contributed by atoms with van der Waals surface area (Å²) < 4.78 is 55.8. The maximum atomic E-state index is 13.6. The third-order valence-electron chi connectivity index (χ3n) is 7.96. The number of carbonyl (C=O) groups excluding carboxylic acids is 1. The second-order valence-electron chi connectivity index (χ2n) is 9.57. The van der Waals surface area contributed by atoms with Gasteiger partial charge in [0, 0.05) is 17.6 Å². The highest BCUT2D eigenvalue weighted by Crippen LogP contribution is 2.59. The number of halogens is 4. The van der Waals surface area contributed by atoms with Crippen LogP contribution in [0.4, 0.5) is 17.6 Å². The first-order chi connectivity index (χ1) is 15.1. The summed E-state index contributed by atoms with van der Waals surface area (Å²) in [6, 6.07) is 6.09. The normalized spacial score (nSPS) is 31.8. The fourth-order valence-electron chi connectivity index (χ4n) is 6.40. The maximum Gasteiger partial charge on any atom is 0.392 e. The van der Waals surface area contributed by atoms with Crippen molar-refractivity contribution in [3.05, 3.63) is 59.2 Å². The molecule has 0 bridgehead atoms. The number of alkyl halides is 3. The molecule has 0 N–H and O–H groups in total. The van der Waals surface area contributed by atoms with Crippen LogP contribution in [-0.4, -0.2) is 21.9 Å². The number of fused-ring (bicyclic) bond motifs is 4. The van der Waals surface area contributed by atoms with Gasteiger partial charge in [0.15, 0.2) is 0 Å². The topological polar surface area (TPSA) is 58.0 Å². The molecule has 1 heterocycles. The fourth-order valence-corrected chi connectivity index (χ4v) is 6.40. The molecule has 170 valence electrons. The van der Waals surface area contributed by atoms with Gasteiger partial charge in [-0.25, -0.2) is 9.07 Å². The molecule has 0 radical (unpaired) electrons. The summed E-state index contributed by atoms with van der Waals surface area (Å²) in [5, 5.41) is 16.3. The molecule has 3 aliphatic carbocycles. The highest BCUT2D eigenvalue weighted by atomic mass is 19.4. The summed E-state index contributed by atoms with van der Waals surface area (Å²) in [5.41, 5.74) is 3.20. The summed E-state index contributed by atoms with van der Waals surface area (Å²) in [4.78, 5) is 11.8. The van der Waals surface area contributed by atoms with Gasteiger partial charge in [-0.2, -0.15) is 18.3 Å². The molecule has 4 nitrogen and oxygen atoms in total. The van der Waals surface area contributed by atoms with Crippen LogP contribution in [0.25, 0.3) is 5.69 Å². The number of aliphatic carboxylic acids is 1. The predicted molar refractivity (Wildman–Crippen MR) is 106 cm³/mol. The van der Waals surface area contributed by atoms with Crippen molar-refractivity contribution in [3.8, 4) is 5.69 Å². The minimum Gasteiger partial charge on any atom is -0.550 e. The van der Waals surface area contributed by atoms with Gasteiger partial charge in [0.25, 0.3) is 0 Å². The van der Waals surface area contributed by atoms with Crippen molar-refractivity contribution >= 4 is 5.97 Å². The summed E-state index contributed by atoms with van der Waals surface area (Å²) in [7, 11) is 0. The van der Waals surface area contributed by atoms with E-state index in [1.165, 1.54) is 12.1 Å². The quantitative estimate of drug-likeness (QED) is 0.516. The zero-order valence-electron chi connectivity index (χ0n) is 17.5. The van der Waals surface area contributed by atoms with Gasteiger partial charge < -0.3 is 9.90 Å². The minimum atomic E-state index is -4.57. The lowest BCUT2D eigenvalue weighted by molar-refractivity contribution is -0.322. The van der Waals surface area contributed by atoms with Crippen LogP contribution in [0, 0.1) is 34.9 Å². The van der Waals surface area contributed by atoms with Gasteiger partial charge in [-0.1, -0.05) is 18.6 Å². The molecule has 1 aromatic heterocycles. The van der Waals surface area contributed by atoms with E-state index >= 15 is 0 Å². The Bertz CT molecular complexity index is 1090. The Labute approximate surface area is 182 Å². The molecule has 3 aliphatic rings. The van der Waals surface area contributed by atoms with E-state index < -0.39 is 35.3 Å². The van der Waals surface area contributed by atoms with Gasteiger partial charge in [0.05, 0.1) is 17.8 Å². The average Bonchev–Trinajstić information content (AvgIpc) is 3.13. The first-order valence-corrected chi connectivity index (χ1v) is 10.9. The Hall–Kier alpha value is -2.64. The Balaban J connectivity index is 1.52. The summed E-state index contributed by atoms with van der Waals surface area (Å²) in [6.07, 6.45) is 0.849. The third kappa shape index (κ3) is 3.18. The van der Waals surface area contributed by atoms with Gasteiger partial charge >= 0.3 is 6.18 Å². The van der Waals surface area contributed by atoms with Crippen LogP contribution in [0.3, 0.4) is 0 Å². The lowest BCUT2D eigenvalue weighted by Crippen LogP contribution is -2.53. The number of aromatic nitrogens is 2. The molecular weight excluding hydrogens is 424 g/mol. The van der Waals surface area contributed by atoms with E-state index in [0.717, 1.165) is 22.5 Å². The van der Waals surface area contributed by atoms with E-state index in [2.05, 4.69) is 5.10 Å². The number of hydrogen-bond acceptors (Lipinski definition) is 3. The minimum absolute atomic E-state index is 0.165. The van der Waals surface area contributed by atoms with Crippen molar-refractivity contribution in [2.75, 3.05) is 0 Å². The summed E-state index contributed by atoms with van der Waals surface area (Å²) >= 11 is 0. The van der Waals surface area contributed by atoms with Gasteiger partial charge in [-0.15, -0.1) is 0 Å². The zero-order chi connectivity index (χ0) is 22.8. The highest BCUT2D eigenvalue weighted by Gasteiger charge is 2.56. The molecule has 0 aliphatic heterocycles. The second-order valence-corrected chi connectivity index (χ2v) is 9.57. The molecule has 32 heavy (non-hydrogen) atoms. The van der Waals surface area contributed by atoms with Crippen molar-refractivity contribution in [1.82, 2.24) is 9.78 Å². The average molecular weight is 447 g/mol. The van der Waals surface area contributed by atoms with E-state index in [4.69, 9.17) is 0 Å². The molecule has 1 fully saturated rings. The van der Waals surface area contributed by atoms with E-state index in [1.54, 1.807) is 29.1 Å². The number of carboxylic acid groups (broad SMARTS) is 1. The first-order valence-electron chi connectivity index (χ1n) is 10.9. The molecule has 0 amide bonds. The van der Waals surface area contributed by atoms with E-state index in [0.29, 0.717) is 25.7 Å². The van der Waals surface area contributed by atoms with Crippen LogP contribution in [0.5, 0.6) is 0 Å². The summed E-state index contributed by atoms with van der Waals surface area (Å²) in [5.74, 6) is -5.87. The van der Waals surface area contributed by atoms with Crippen molar-refractivity contribution in [3.63, 3.8) is 0 Å². The molecule has 0 spiro atoms. The van der Waals surface area contributed by atoms with Crippen LogP contribution in [-0.2, 0) is 17.6 Å². The van der Waals surface area contributed by atoms with E-state index in [9.17, 15) is 27.5 Å².